The van der Waals surface area contributed by atoms with E-state index in [1.54, 1.807) is 24.0 Å². The number of benzene rings is 1. The number of hydrogen-bond acceptors (Lipinski definition) is 3. The molecule has 3 aromatic rings. The van der Waals surface area contributed by atoms with E-state index in [9.17, 15) is 10.1 Å². The van der Waals surface area contributed by atoms with Gasteiger partial charge in [-0.1, -0.05) is 12.1 Å². The smallest absolute Gasteiger partial charge is 0.163 e. The van der Waals surface area contributed by atoms with Crippen molar-refractivity contribution < 1.29 is 4.79 Å². The van der Waals surface area contributed by atoms with Gasteiger partial charge in [0.25, 0.3) is 0 Å². The second-order valence-corrected chi connectivity index (χ2v) is 5.36. The molecule has 0 bridgehead atoms. The Kier molecular flexibility index (Phi) is 4.07. The second-order valence-electron chi connectivity index (χ2n) is 5.36. The van der Waals surface area contributed by atoms with Crippen molar-refractivity contribution in [2.24, 2.45) is 7.05 Å². The molecule has 0 saturated heterocycles. The van der Waals surface area contributed by atoms with E-state index in [-0.39, 0.29) is 12.2 Å². The van der Waals surface area contributed by atoms with Crippen LogP contribution in [0.4, 0.5) is 0 Å². The van der Waals surface area contributed by atoms with Crippen molar-refractivity contribution in [3.63, 3.8) is 0 Å². The van der Waals surface area contributed by atoms with Gasteiger partial charge in [0.2, 0.25) is 0 Å². The molecule has 1 atom stereocenters. The van der Waals surface area contributed by atoms with Crippen LogP contribution in [0.25, 0.3) is 5.69 Å². The lowest BCUT2D eigenvalue weighted by Gasteiger charge is -2.09. The quantitative estimate of drug-likeness (QED) is 0.728. The largest absolute Gasteiger partial charge is 0.337 e. The maximum absolute atomic E-state index is 12.4. The Morgan fingerprint density at radius 3 is 2.48 bits per heavy atom. The predicted molar refractivity (Wildman–Crippen MR) is 86.0 cm³/mol. The van der Waals surface area contributed by atoms with Crippen LogP contribution in [-0.4, -0.2) is 19.9 Å². The summed E-state index contributed by atoms with van der Waals surface area (Å²) in [6, 6.07) is 13.7. The molecular weight excluding hydrogens is 288 g/mol. The van der Waals surface area contributed by atoms with Crippen LogP contribution in [-0.2, 0) is 18.3 Å². The van der Waals surface area contributed by atoms with Gasteiger partial charge < -0.3 is 9.13 Å². The van der Waals surface area contributed by atoms with E-state index < -0.39 is 5.92 Å². The number of rotatable bonds is 5. The first kappa shape index (κ1) is 14.8. The van der Waals surface area contributed by atoms with Gasteiger partial charge in [-0.3, -0.25) is 4.79 Å². The molecule has 1 unspecified atom stereocenters. The first-order valence-electron chi connectivity index (χ1n) is 7.31. The number of ketones is 1. The minimum absolute atomic E-state index is 0.143. The lowest BCUT2D eigenvalue weighted by atomic mass is 9.98. The summed E-state index contributed by atoms with van der Waals surface area (Å²) in [4.78, 5) is 16.5. The van der Waals surface area contributed by atoms with Crippen molar-refractivity contribution in [3.05, 3.63) is 72.6 Å². The number of nitrogens with zero attached hydrogens (tertiary/aromatic N) is 4. The maximum Gasteiger partial charge on any atom is 0.163 e. The highest BCUT2D eigenvalue weighted by Gasteiger charge is 2.23. The van der Waals surface area contributed by atoms with Gasteiger partial charge in [0, 0.05) is 43.9 Å². The third-order valence-electron chi connectivity index (χ3n) is 3.79. The molecule has 0 aliphatic rings. The van der Waals surface area contributed by atoms with Gasteiger partial charge in [-0.15, -0.1) is 0 Å². The third-order valence-corrected chi connectivity index (χ3v) is 3.79. The molecule has 0 radical (unpaired) electrons. The van der Waals surface area contributed by atoms with Crippen LogP contribution in [0.2, 0.25) is 0 Å². The lowest BCUT2D eigenvalue weighted by Crippen LogP contribution is -2.17. The highest BCUT2D eigenvalue weighted by atomic mass is 16.1. The van der Waals surface area contributed by atoms with Crippen LogP contribution in [0.3, 0.4) is 0 Å². The number of imidazole rings is 1. The molecule has 2 heterocycles. The summed E-state index contributed by atoms with van der Waals surface area (Å²) in [5.74, 6) is -0.490. The monoisotopic (exact) mass is 304 g/mol. The van der Waals surface area contributed by atoms with Crippen LogP contribution >= 0.6 is 0 Å². The summed E-state index contributed by atoms with van der Waals surface area (Å²) in [6.07, 6.45) is 7.48. The molecule has 114 valence electrons. The van der Waals surface area contributed by atoms with E-state index in [0.717, 1.165) is 11.3 Å². The Morgan fingerprint density at radius 2 is 1.91 bits per heavy atom. The summed E-state index contributed by atoms with van der Waals surface area (Å²) < 4.78 is 3.71. The Labute approximate surface area is 134 Å². The van der Waals surface area contributed by atoms with E-state index in [0.29, 0.717) is 5.82 Å². The number of carbonyl (C=O) groups is 1. The molecule has 0 fully saturated rings. The number of aryl methyl sites for hydroxylation is 1. The van der Waals surface area contributed by atoms with Gasteiger partial charge in [-0.25, -0.2) is 4.98 Å². The highest BCUT2D eigenvalue weighted by molar-refractivity contribution is 5.89. The average molecular weight is 304 g/mol. The summed E-state index contributed by atoms with van der Waals surface area (Å²) in [6.45, 7) is 0. The lowest BCUT2D eigenvalue weighted by molar-refractivity contribution is -0.118. The van der Waals surface area contributed by atoms with E-state index in [2.05, 4.69) is 11.1 Å². The zero-order valence-corrected chi connectivity index (χ0v) is 12.8. The molecule has 0 amide bonds. The molecule has 5 nitrogen and oxygen atoms in total. The molecule has 2 aromatic heterocycles. The van der Waals surface area contributed by atoms with Gasteiger partial charge in [0.15, 0.2) is 11.7 Å². The Bertz CT molecular complexity index is 838. The molecule has 3 rings (SSSR count). The minimum Gasteiger partial charge on any atom is -0.337 e. The van der Waals surface area contributed by atoms with E-state index in [1.165, 1.54) is 0 Å². The van der Waals surface area contributed by atoms with E-state index >= 15 is 0 Å². The van der Waals surface area contributed by atoms with Crippen molar-refractivity contribution in [2.75, 3.05) is 0 Å². The molecule has 23 heavy (non-hydrogen) atoms. The van der Waals surface area contributed by atoms with Crippen molar-refractivity contribution >= 4 is 5.78 Å². The molecular formula is C18H16N4O. The maximum atomic E-state index is 12.4. The van der Waals surface area contributed by atoms with Crippen molar-refractivity contribution in [1.29, 1.82) is 5.26 Å². The van der Waals surface area contributed by atoms with E-state index in [4.69, 9.17) is 0 Å². The van der Waals surface area contributed by atoms with Gasteiger partial charge in [-0.2, -0.15) is 5.26 Å². The summed E-state index contributed by atoms with van der Waals surface area (Å²) in [5.41, 5.74) is 1.92. The molecule has 0 aliphatic heterocycles. The molecule has 1 aromatic carbocycles. The highest BCUT2D eigenvalue weighted by Crippen LogP contribution is 2.17. The van der Waals surface area contributed by atoms with Crippen LogP contribution < -0.4 is 0 Å². The van der Waals surface area contributed by atoms with Gasteiger partial charge >= 0.3 is 0 Å². The molecule has 0 spiro atoms. The van der Waals surface area contributed by atoms with Crippen LogP contribution in [0, 0.1) is 11.3 Å². The van der Waals surface area contributed by atoms with Crippen LogP contribution in [0.5, 0.6) is 0 Å². The van der Waals surface area contributed by atoms with Crippen molar-refractivity contribution in [2.45, 2.75) is 12.3 Å². The summed E-state index contributed by atoms with van der Waals surface area (Å²) in [5, 5.41) is 9.31. The van der Waals surface area contributed by atoms with Crippen molar-refractivity contribution in [3.8, 4) is 11.8 Å². The van der Waals surface area contributed by atoms with Gasteiger partial charge in [-0.05, 0) is 29.8 Å². The second kappa shape index (κ2) is 6.32. The van der Waals surface area contributed by atoms with Crippen LogP contribution in [0.1, 0.15) is 17.3 Å². The molecule has 5 heteroatoms. The Hall–Kier alpha value is -3.13. The number of carbonyl (C=O) groups excluding carboxylic acids is 1. The number of nitriles is 1. The van der Waals surface area contributed by atoms with Gasteiger partial charge in [0.05, 0.1) is 6.07 Å². The molecule has 0 saturated carbocycles. The zero-order valence-electron chi connectivity index (χ0n) is 12.8. The third kappa shape index (κ3) is 3.06. The fourth-order valence-corrected chi connectivity index (χ4v) is 2.52. The standard InChI is InChI=1S/C18H16N4O/c1-21-11-8-20-18(21)16(13-19)17(23)12-14-4-6-15(7-5-14)22-9-2-3-10-22/h2-11,16H,12H2,1H3. The zero-order chi connectivity index (χ0) is 16.2. The summed E-state index contributed by atoms with van der Waals surface area (Å²) in [7, 11) is 1.78. The SMILES string of the molecule is Cn1ccnc1C(C#N)C(=O)Cc1ccc(-n2cccc2)cc1. The molecule has 0 aliphatic carbocycles. The Balaban J connectivity index is 1.75. The number of aromatic nitrogens is 3. The fourth-order valence-electron chi connectivity index (χ4n) is 2.52. The number of hydrogen-bond donors (Lipinski definition) is 0. The van der Waals surface area contributed by atoms with Crippen molar-refractivity contribution in [1.82, 2.24) is 14.1 Å². The molecule has 0 N–H and O–H groups in total. The predicted octanol–water partition coefficient (Wildman–Crippen LogP) is 2.63. The van der Waals surface area contributed by atoms with Gasteiger partial charge in [0.1, 0.15) is 5.82 Å². The fraction of sp³-hybridized carbons (Fsp3) is 0.167. The van der Waals surface area contributed by atoms with E-state index in [1.807, 2.05) is 53.4 Å². The first-order chi connectivity index (χ1) is 11.2. The topological polar surface area (TPSA) is 63.6 Å². The average Bonchev–Trinajstić information content (AvgIpc) is 3.21. The summed E-state index contributed by atoms with van der Waals surface area (Å²) >= 11 is 0. The first-order valence-corrected chi connectivity index (χ1v) is 7.31. The number of Topliss-reactive ketones (excluding diaryl/α,β-unsaturated/α-hetero) is 1. The normalized spacial score (nSPS) is 11.8. The van der Waals surface area contributed by atoms with Crippen LogP contribution in [0.15, 0.2) is 61.2 Å². The Morgan fingerprint density at radius 1 is 1.22 bits per heavy atom. The minimum atomic E-state index is -0.834.